The van der Waals surface area contributed by atoms with Crippen LogP contribution in [0.15, 0.2) is 53.4 Å². The fourth-order valence-electron chi connectivity index (χ4n) is 7.94. The first kappa shape index (κ1) is 44.6. The number of aliphatic hydroxyl groups excluding tert-OH is 2. The maximum Gasteiger partial charge on any atom is 0.302 e. The Kier molecular flexibility index (Phi) is 16.8. The molecule has 6 atom stereocenters. The molecule has 2 aromatic carbocycles. The molecule has 16 heteroatoms. The van der Waals surface area contributed by atoms with Crippen molar-refractivity contribution in [1.82, 2.24) is 15.2 Å². The number of carbonyl (C=O) groups excluding carboxylic acids is 3. The van der Waals surface area contributed by atoms with E-state index in [4.69, 9.17) is 14.2 Å². The van der Waals surface area contributed by atoms with Crippen molar-refractivity contribution in [2.24, 2.45) is 11.8 Å². The van der Waals surface area contributed by atoms with Crippen LogP contribution in [-0.4, -0.2) is 135 Å². The van der Waals surface area contributed by atoms with E-state index in [9.17, 15) is 33.0 Å². The van der Waals surface area contributed by atoms with Crippen molar-refractivity contribution in [2.75, 3.05) is 63.0 Å². The highest BCUT2D eigenvalue weighted by atomic mass is 32.2. The van der Waals surface area contributed by atoms with Gasteiger partial charge >= 0.3 is 5.97 Å². The van der Waals surface area contributed by atoms with Crippen LogP contribution >= 0.6 is 11.3 Å². The Labute approximate surface area is 339 Å². The second-order valence-electron chi connectivity index (χ2n) is 15.3. The van der Waals surface area contributed by atoms with E-state index >= 15 is 0 Å². The Morgan fingerprint density at radius 2 is 1.77 bits per heavy atom. The van der Waals surface area contributed by atoms with E-state index in [-0.39, 0.29) is 31.3 Å². The molecular weight excluding hydrogens is 773 g/mol. The number of rotatable bonds is 20. The van der Waals surface area contributed by atoms with E-state index in [0.717, 1.165) is 48.4 Å². The van der Waals surface area contributed by atoms with Crippen LogP contribution in [0.2, 0.25) is 0 Å². The fraction of sp³-hybridized carbons (Fsp3) is 0.610. The van der Waals surface area contributed by atoms with Crippen LogP contribution in [0.4, 0.5) is 5.82 Å². The van der Waals surface area contributed by atoms with Crippen molar-refractivity contribution < 1.29 is 47.2 Å². The number of benzene rings is 2. The number of fused-ring (bicyclic) bond motifs is 1. The fourth-order valence-corrected chi connectivity index (χ4v) is 10.3. The molecule has 3 aromatic rings. The number of amides is 2. The molecule has 1 aromatic heterocycles. The minimum Gasteiger partial charge on any atom is -0.463 e. The van der Waals surface area contributed by atoms with Crippen LogP contribution in [0, 0.1) is 11.8 Å². The number of sulfone groups is 1. The van der Waals surface area contributed by atoms with Crippen molar-refractivity contribution in [3.63, 3.8) is 0 Å². The van der Waals surface area contributed by atoms with E-state index in [1.54, 1.807) is 12.3 Å². The zero-order chi connectivity index (χ0) is 41.0. The summed E-state index contributed by atoms with van der Waals surface area (Å²) in [6, 6.07) is 11.3. The molecule has 2 heterocycles. The summed E-state index contributed by atoms with van der Waals surface area (Å²) < 4.78 is 43.6. The van der Waals surface area contributed by atoms with Gasteiger partial charge in [0.15, 0.2) is 9.84 Å². The number of anilines is 1. The maximum absolute atomic E-state index is 15.0. The molecule has 1 saturated carbocycles. The third kappa shape index (κ3) is 13.0. The minimum atomic E-state index is -4.03. The lowest BCUT2D eigenvalue weighted by molar-refractivity contribution is -0.144. The summed E-state index contributed by atoms with van der Waals surface area (Å²) in [6.45, 7) is 5.04. The second kappa shape index (κ2) is 21.5. The summed E-state index contributed by atoms with van der Waals surface area (Å²) in [5.74, 6) is -3.58. The van der Waals surface area contributed by atoms with Gasteiger partial charge in [0.25, 0.3) is 0 Å². The Balaban J connectivity index is 1.43. The molecule has 0 spiro atoms. The van der Waals surface area contributed by atoms with E-state index in [1.807, 2.05) is 47.4 Å². The van der Waals surface area contributed by atoms with Gasteiger partial charge in [-0.1, -0.05) is 74.6 Å². The molecule has 5 rings (SSSR count). The smallest absolute Gasteiger partial charge is 0.302 e. The lowest BCUT2D eigenvalue weighted by atomic mass is 9.83. The molecule has 2 aliphatic rings. The van der Waals surface area contributed by atoms with Crippen LogP contribution in [0.25, 0.3) is 10.8 Å². The molecule has 2 fully saturated rings. The maximum atomic E-state index is 15.0. The van der Waals surface area contributed by atoms with E-state index in [2.05, 4.69) is 10.3 Å². The number of β-amino-alcohol motifs (C(OH)–C–C–N with tert-alkyl or cyclic N) is 1. The Bertz CT molecular complexity index is 1850. The van der Waals surface area contributed by atoms with Gasteiger partial charge in [0, 0.05) is 39.0 Å². The molecule has 3 N–H and O–H groups in total. The summed E-state index contributed by atoms with van der Waals surface area (Å²) in [5.41, 5.74) is 2.29. The number of ether oxygens (including phenoxy) is 3. The van der Waals surface area contributed by atoms with Gasteiger partial charge in [-0.3, -0.25) is 24.2 Å². The number of morpholine rings is 1. The van der Waals surface area contributed by atoms with Crippen molar-refractivity contribution in [2.45, 2.75) is 89.2 Å². The van der Waals surface area contributed by atoms with Crippen molar-refractivity contribution in [1.29, 1.82) is 0 Å². The predicted octanol–water partition coefficient (Wildman–Crippen LogP) is 3.38. The molecule has 0 bridgehead atoms. The predicted molar refractivity (Wildman–Crippen MR) is 219 cm³/mol. The first-order valence-electron chi connectivity index (χ1n) is 19.9. The van der Waals surface area contributed by atoms with Crippen LogP contribution in [0.5, 0.6) is 0 Å². The number of esters is 1. The molecular formula is C41H58N4O10S2. The summed E-state index contributed by atoms with van der Waals surface area (Å²) >= 11 is 1.23. The molecule has 1 unspecified atom stereocenters. The average molecular weight is 831 g/mol. The molecule has 1 saturated heterocycles. The number of thiazole rings is 1. The first-order chi connectivity index (χ1) is 27.3. The van der Waals surface area contributed by atoms with Crippen LogP contribution in [0.3, 0.4) is 0 Å². The highest BCUT2D eigenvalue weighted by Crippen LogP contribution is 2.30. The number of carbonyl (C=O) groups is 3. The molecule has 14 nitrogen and oxygen atoms in total. The Morgan fingerprint density at radius 1 is 1.05 bits per heavy atom. The van der Waals surface area contributed by atoms with Gasteiger partial charge < -0.3 is 29.7 Å². The molecule has 314 valence electrons. The topological polar surface area (TPSA) is 185 Å². The summed E-state index contributed by atoms with van der Waals surface area (Å²) in [7, 11) is -2.70. The first-order valence-corrected chi connectivity index (χ1v) is 22.6. The highest BCUT2D eigenvalue weighted by Gasteiger charge is 2.39. The molecule has 57 heavy (non-hydrogen) atoms. The molecule has 0 radical (unpaired) electrons. The average Bonchev–Trinajstić information content (AvgIpc) is 3.74. The van der Waals surface area contributed by atoms with E-state index < -0.39 is 75.4 Å². The lowest BCUT2D eigenvalue weighted by Crippen LogP contribution is -2.58. The lowest BCUT2D eigenvalue weighted by Gasteiger charge is -2.36. The number of methoxy groups -OCH3 is 1. The zero-order valence-corrected chi connectivity index (χ0v) is 34.8. The van der Waals surface area contributed by atoms with Crippen molar-refractivity contribution in [3.8, 4) is 0 Å². The third-order valence-corrected chi connectivity index (χ3v) is 13.4. The number of nitrogens with one attached hydrogen (secondary N) is 1. The summed E-state index contributed by atoms with van der Waals surface area (Å²) in [5, 5.41) is 29.3. The van der Waals surface area contributed by atoms with Gasteiger partial charge in [0.05, 0.1) is 48.3 Å². The quantitative estimate of drug-likeness (QED) is 0.141. The zero-order valence-electron chi connectivity index (χ0n) is 33.2. The molecule has 2 amide bonds. The number of aromatic nitrogens is 1. The Morgan fingerprint density at radius 3 is 2.46 bits per heavy atom. The van der Waals surface area contributed by atoms with Crippen LogP contribution < -0.4 is 10.2 Å². The van der Waals surface area contributed by atoms with Crippen LogP contribution in [-0.2, 0) is 44.9 Å². The van der Waals surface area contributed by atoms with Gasteiger partial charge in [0.1, 0.15) is 30.7 Å². The van der Waals surface area contributed by atoms with E-state index in [1.165, 1.54) is 35.8 Å². The van der Waals surface area contributed by atoms with Gasteiger partial charge in [0.2, 0.25) is 11.8 Å². The van der Waals surface area contributed by atoms with Crippen molar-refractivity contribution in [3.05, 3.63) is 58.9 Å². The standard InChI is InChI=1S/C41H58N4O10S2/c1-28(40(49)43-36(20-30-10-5-4-6-11-30)39(48)37(47)22-44-16-18-54-19-17-44)45(38-24-56-27-42-38)41(50)33(21-32-14-9-13-31-12-7-8-15-35(31)32)25-57(51,52)26-34(53-3)23-55-29(2)46/h7-9,12-15,24,27-28,30,33-34,36-37,39,47-48H,4-6,10-11,16-23,25-26H2,1-3H3,(H,43,49)/t28-,33+,34?,36-,37-,39+/m0/s1. The second-order valence-corrected chi connectivity index (χ2v) is 18.2. The van der Waals surface area contributed by atoms with Gasteiger partial charge in [-0.15, -0.1) is 11.3 Å². The largest absolute Gasteiger partial charge is 0.463 e. The summed E-state index contributed by atoms with van der Waals surface area (Å²) in [4.78, 5) is 48.5. The van der Waals surface area contributed by atoms with Crippen molar-refractivity contribution >= 4 is 55.5 Å². The summed E-state index contributed by atoms with van der Waals surface area (Å²) in [6.07, 6.45) is 2.25. The monoisotopic (exact) mass is 830 g/mol. The van der Waals surface area contributed by atoms with Gasteiger partial charge in [-0.25, -0.2) is 13.4 Å². The van der Waals surface area contributed by atoms with Crippen LogP contribution in [0.1, 0.15) is 57.9 Å². The minimum absolute atomic E-state index is 0.0345. The number of hydrogen-bond donors (Lipinski definition) is 3. The van der Waals surface area contributed by atoms with Gasteiger partial charge in [-0.05, 0) is 42.0 Å². The molecule has 1 aliphatic heterocycles. The van der Waals surface area contributed by atoms with Gasteiger partial charge in [-0.2, -0.15) is 0 Å². The Hall–Kier alpha value is -3.51. The number of nitrogens with zero attached hydrogens (tertiary/aromatic N) is 3. The highest BCUT2D eigenvalue weighted by molar-refractivity contribution is 7.91. The van der Waals surface area contributed by atoms with E-state index in [0.29, 0.717) is 32.7 Å². The number of hydrogen-bond acceptors (Lipinski definition) is 13. The normalized spacial score (nSPS) is 18.9. The molecule has 1 aliphatic carbocycles. The SMILES string of the molecule is COC(COC(C)=O)CS(=O)(=O)C[C@@H](Cc1cccc2ccccc12)C(=O)N(c1cscn1)[C@@H](C)C(=O)N[C@@H](CC1CCCCC1)[C@@H](O)[C@@H](O)CN1CCOCC1. The number of aliphatic hydroxyl groups is 2. The third-order valence-electron chi connectivity index (χ3n) is 11.1.